The first-order valence-corrected chi connectivity index (χ1v) is 8.47. The van der Waals surface area contributed by atoms with E-state index in [2.05, 4.69) is 27.9 Å². The highest BCUT2D eigenvalue weighted by atomic mass is 16.1. The summed E-state index contributed by atoms with van der Waals surface area (Å²) in [6.45, 7) is 3.32. The second-order valence-electron chi connectivity index (χ2n) is 6.01. The van der Waals surface area contributed by atoms with Crippen LogP contribution in [-0.4, -0.2) is 15.5 Å². The molecule has 0 spiro atoms. The first kappa shape index (κ1) is 15.4. The number of carbonyl (C=O) groups excluding carboxylic acids is 1. The van der Waals surface area contributed by atoms with Crippen molar-refractivity contribution in [1.29, 1.82) is 0 Å². The number of nitrogens with zero attached hydrogens (tertiary/aromatic N) is 2. The van der Waals surface area contributed by atoms with Crippen LogP contribution in [0.5, 0.6) is 0 Å². The van der Waals surface area contributed by atoms with E-state index in [0.717, 1.165) is 34.2 Å². The van der Waals surface area contributed by atoms with E-state index < -0.39 is 0 Å². The molecule has 0 bridgehead atoms. The fraction of sp³-hybridized carbons (Fsp3) is 0.143. The summed E-state index contributed by atoms with van der Waals surface area (Å²) in [5.41, 5.74) is 2.72. The van der Waals surface area contributed by atoms with E-state index in [4.69, 9.17) is 0 Å². The number of aryl methyl sites for hydroxylation is 1. The topological polar surface area (TPSA) is 46.9 Å². The van der Waals surface area contributed by atoms with Crippen LogP contribution in [0.3, 0.4) is 0 Å². The van der Waals surface area contributed by atoms with Gasteiger partial charge in [-0.2, -0.15) is 0 Å². The van der Waals surface area contributed by atoms with Crippen molar-refractivity contribution in [1.82, 2.24) is 14.9 Å². The summed E-state index contributed by atoms with van der Waals surface area (Å²) in [5, 5.41) is 5.19. The number of nitrogens with one attached hydrogen (secondary N) is 1. The molecule has 4 nitrogen and oxygen atoms in total. The number of amides is 1. The van der Waals surface area contributed by atoms with Crippen molar-refractivity contribution >= 4 is 27.7 Å². The highest BCUT2D eigenvalue weighted by molar-refractivity contribution is 5.98. The van der Waals surface area contributed by atoms with Gasteiger partial charge in [0.15, 0.2) is 0 Å². The summed E-state index contributed by atoms with van der Waals surface area (Å²) in [7, 11) is 0. The lowest BCUT2D eigenvalue weighted by Gasteiger charge is -2.08. The van der Waals surface area contributed by atoms with Crippen LogP contribution in [-0.2, 0) is 13.1 Å². The smallest absolute Gasteiger partial charge is 0.251 e. The van der Waals surface area contributed by atoms with Gasteiger partial charge in [-0.1, -0.05) is 42.5 Å². The van der Waals surface area contributed by atoms with Gasteiger partial charge in [0.05, 0.1) is 17.6 Å². The molecule has 0 atom stereocenters. The molecular weight excluding hydrogens is 310 g/mol. The number of hydrogen-bond acceptors (Lipinski definition) is 2. The molecule has 0 unspecified atom stereocenters. The highest BCUT2D eigenvalue weighted by Gasteiger charge is 2.11. The fourth-order valence-corrected chi connectivity index (χ4v) is 3.21. The average molecular weight is 329 g/mol. The van der Waals surface area contributed by atoms with E-state index in [-0.39, 0.29) is 5.91 Å². The van der Waals surface area contributed by atoms with Gasteiger partial charge in [0.2, 0.25) is 0 Å². The number of benzene rings is 3. The molecule has 1 amide bonds. The number of rotatable bonds is 4. The largest absolute Gasteiger partial charge is 0.345 e. The van der Waals surface area contributed by atoms with Crippen molar-refractivity contribution in [2.45, 2.75) is 20.0 Å². The van der Waals surface area contributed by atoms with E-state index in [1.165, 1.54) is 0 Å². The molecule has 4 aromatic rings. The number of para-hydroxylation sites is 2. The minimum absolute atomic E-state index is 0.0829. The maximum Gasteiger partial charge on any atom is 0.251 e. The molecule has 1 aromatic heterocycles. The summed E-state index contributed by atoms with van der Waals surface area (Å²) in [6, 6.07) is 21.8. The van der Waals surface area contributed by atoms with Crippen LogP contribution in [0.15, 0.2) is 66.7 Å². The third kappa shape index (κ3) is 2.87. The van der Waals surface area contributed by atoms with Gasteiger partial charge in [-0.3, -0.25) is 4.79 Å². The molecule has 0 fully saturated rings. The molecule has 0 aliphatic heterocycles. The Kier molecular flexibility index (Phi) is 3.94. The van der Waals surface area contributed by atoms with Crippen molar-refractivity contribution in [2.75, 3.05) is 0 Å². The molecule has 0 aliphatic carbocycles. The van der Waals surface area contributed by atoms with Crippen LogP contribution in [0.4, 0.5) is 0 Å². The second-order valence-corrected chi connectivity index (χ2v) is 6.01. The summed E-state index contributed by atoms with van der Waals surface area (Å²) < 4.78 is 2.13. The number of carbonyl (C=O) groups is 1. The summed E-state index contributed by atoms with van der Waals surface area (Å²) in [4.78, 5) is 17.2. The van der Waals surface area contributed by atoms with Crippen LogP contribution in [0.2, 0.25) is 0 Å². The molecule has 25 heavy (non-hydrogen) atoms. The van der Waals surface area contributed by atoms with Gasteiger partial charge in [0.25, 0.3) is 5.91 Å². The Hall–Kier alpha value is -3.14. The summed E-state index contributed by atoms with van der Waals surface area (Å²) in [6.07, 6.45) is 0. The third-order valence-corrected chi connectivity index (χ3v) is 4.47. The maximum absolute atomic E-state index is 12.5. The van der Waals surface area contributed by atoms with Crippen LogP contribution < -0.4 is 5.32 Å². The molecular formula is C21H19N3O. The Morgan fingerprint density at radius 1 is 1.00 bits per heavy atom. The first-order chi connectivity index (χ1) is 12.3. The Balaban J connectivity index is 1.57. The second kappa shape index (κ2) is 6.40. The molecule has 1 heterocycles. The number of hydrogen-bond donors (Lipinski definition) is 1. The van der Waals surface area contributed by atoms with Crippen molar-refractivity contribution in [3.8, 4) is 0 Å². The molecule has 0 aliphatic rings. The predicted octanol–water partition coefficient (Wildman–Crippen LogP) is 4.14. The van der Waals surface area contributed by atoms with Crippen molar-refractivity contribution in [2.24, 2.45) is 0 Å². The quantitative estimate of drug-likeness (QED) is 0.612. The number of aromatic nitrogens is 2. The summed E-state index contributed by atoms with van der Waals surface area (Å²) >= 11 is 0. The van der Waals surface area contributed by atoms with Gasteiger partial charge >= 0.3 is 0 Å². The molecule has 0 saturated carbocycles. The molecule has 0 saturated heterocycles. The van der Waals surface area contributed by atoms with Gasteiger partial charge in [-0.15, -0.1) is 0 Å². The van der Waals surface area contributed by atoms with Crippen molar-refractivity contribution in [3.63, 3.8) is 0 Å². The van der Waals surface area contributed by atoms with Crippen LogP contribution in [0.1, 0.15) is 23.1 Å². The van der Waals surface area contributed by atoms with Crippen LogP contribution in [0.25, 0.3) is 21.8 Å². The van der Waals surface area contributed by atoms with E-state index in [0.29, 0.717) is 12.1 Å². The molecule has 0 radical (unpaired) electrons. The molecule has 1 N–H and O–H groups in total. The molecule has 3 aromatic carbocycles. The lowest BCUT2D eigenvalue weighted by Crippen LogP contribution is -2.24. The van der Waals surface area contributed by atoms with Gasteiger partial charge in [-0.05, 0) is 42.0 Å². The van der Waals surface area contributed by atoms with E-state index in [1.807, 2.05) is 60.7 Å². The monoisotopic (exact) mass is 329 g/mol. The predicted molar refractivity (Wildman–Crippen MR) is 101 cm³/mol. The lowest BCUT2D eigenvalue weighted by molar-refractivity contribution is 0.0949. The zero-order valence-electron chi connectivity index (χ0n) is 14.1. The minimum atomic E-state index is -0.0829. The highest BCUT2D eigenvalue weighted by Crippen LogP contribution is 2.17. The van der Waals surface area contributed by atoms with E-state index in [9.17, 15) is 4.79 Å². The van der Waals surface area contributed by atoms with Crippen molar-refractivity contribution in [3.05, 3.63) is 78.1 Å². The Morgan fingerprint density at radius 3 is 2.60 bits per heavy atom. The van der Waals surface area contributed by atoms with Gasteiger partial charge < -0.3 is 9.88 Å². The molecule has 4 heteroatoms. The van der Waals surface area contributed by atoms with Gasteiger partial charge in [0.1, 0.15) is 5.82 Å². The normalized spacial score (nSPS) is 11.1. The maximum atomic E-state index is 12.5. The zero-order chi connectivity index (χ0) is 17.2. The molecule has 4 rings (SSSR count). The van der Waals surface area contributed by atoms with E-state index >= 15 is 0 Å². The standard InChI is InChI=1S/C21H19N3O/c1-2-24-19-10-6-5-9-18(19)23-20(24)14-22-21(25)17-12-11-15-7-3-4-8-16(15)13-17/h3-13H,2,14H2,1H3,(H,22,25). The lowest BCUT2D eigenvalue weighted by atomic mass is 10.1. The Morgan fingerprint density at radius 2 is 1.76 bits per heavy atom. The van der Waals surface area contributed by atoms with E-state index in [1.54, 1.807) is 0 Å². The average Bonchev–Trinajstić information content (AvgIpc) is 3.03. The van der Waals surface area contributed by atoms with Gasteiger partial charge in [-0.25, -0.2) is 4.98 Å². The van der Waals surface area contributed by atoms with Crippen LogP contribution in [0, 0.1) is 0 Å². The minimum Gasteiger partial charge on any atom is -0.345 e. The van der Waals surface area contributed by atoms with Crippen LogP contribution >= 0.6 is 0 Å². The zero-order valence-corrected chi connectivity index (χ0v) is 14.1. The van der Waals surface area contributed by atoms with Crippen molar-refractivity contribution < 1.29 is 4.79 Å². The number of fused-ring (bicyclic) bond motifs is 2. The summed E-state index contributed by atoms with van der Waals surface area (Å²) in [5.74, 6) is 0.790. The molecule has 124 valence electrons. The number of imidazole rings is 1. The Labute approximate surface area is 146 Å². The first-order valence-electron chi connectivity index (χ1n) is 8.47. The fourth-order valence-electron chi connectivity index (χ4n) is 3.21. The Bertz CT molecular complexity index is 1070. The third-order valence-electron chi connectivity index (χ3n) is 4.47. The SMILES string of the molecule is CCn1c(CNC(=O)c2ccc3ccccc3c2)nc2ccccc21. The van der Waals surface area contributed by atoms with Gasteiger partial charge in [0, 0.05) is 12.1 Å².